The van der Waals surface area contributed by atoms with Crippen molar-refractivity contribution in [3.8, 4) is 11.8 Å². The van der Waals surface area contributed by atoms with Crippen LogP contribution in [-0.2, 0) is 0 Å². The summed E-state index contributed by atoms with van der Waals surface area (Å²) in [6.45, 7) is 1.95. The molecule has 8 heteroatoms. The maximum absolute atomic E-state index is 12.6. The third-order valence-electron chi connectivity index (χ3n) is 4.70. The van der Waals surface area contributed by atoms with Gasteiger partial charge >= 0.3 is 0 Å². The Morgan fingerprint density at radius 1 is 1.42 bits per heavy atom. The number of hydrogen-bond acceptors (Lipinski definition) is 6. The van der Waals surface area contributed by atoms with Gasteiger partial charge in [-0.3, -0.25) is 9.80 Å². The van der Waals surface area contributed by atoms with E-state index < -0.39 is 11.8 Å². The molecular weight excluding hydrogens is 308 g/mol. The van der Waals surface area contributed by atoms with E-state index in [0.29, 0.717) is 5.92 Å². The van der Waals surface area contributed by atoms with Crippen LogP contribution in [0, 0.1) is 5.92 Å². The van der Waals surface area contributed by atoms with Gasteiger partial charge in [0.05, 0.1) is 0 Å². The van der Waals surface area contributed by atoms with E-state index in [-0.39, 0.29) is 17.6 Å². The van der Waals surface area contributed by atoms with Crippen LogP contribution in [0.3, 0.4) is 0 Å². The second-order valence-corrected chi connectivity index (χ2v) is 6.21. The van der Waals surface area contributed by atoms with E-state index >= 15 is 0 Å². The fourth-order valence-electron chi connectivity index (χ4n) is 3.18. The van der Waals surface area contributed by atoms with Gasteiger partial charge in [0, 0.05) is 24.6 Å². The first-order chi connectivity index (χ1) is 11.6. The summed E-state index contributed by atoms with van der Waals surface area (Å²) >= 11 is 0. The second kappa shape index (κ2) is 6.96. The average Bonchev–Trinajstić information content (AvgIpc) is 3.15. The lowest BCUT2D eigenvalue weighted by Gasteiger charge is -2.33. The number of aromatic nitrogens is 4. The molecule has 1 amide bonds. The number of nitrogens with zero attached hydrogens (tertiary/aromatic N) is 5. The minimum Gasteiger partial charge on any atom is -0.493 e. The van der Waals surface area contributed by atoms with Crippen molar-refractivity contribution >= 4 is 5.91 Å². The Morgan fingerprint density at radius 2 is 2.17 bits per heavy atom. The zero-order chi connectivity index (χ0) is 17.1. The highest BCUT2D eigenvalue weighted by atomic mass is 16.3. The summed E-state index contributed by atoms with van der Waals surface area (Å²) in [6, 6.07) is 1.62. The van der Waals surface area contributed by atoms with Crippen LogP contribution in [0.25, 0.3) is 5.95 Å². The minimum absolute atomic E-state index is 0.00364. The van der Waals surface area contributed by atoms with E-state index in [0.717, 1.165) is 12.8 Å². The lowest BCUT2D eigenvalue weighted by molar-refractivity contribution is 0.0592. The SMILES string of the molecule is C[C@@H](C1CCCCC1)N(N)C(=O)c1cnc(-n2cccn2)nc1O. The molecule has 3 rings (SSSR count). The molecule has 0 saturated heterocycles. The highest BCUT2D eigenvalue weighted by Crippen LogP contribution is 2.29. The van der Waals surface area contributed by atoms with Crippen LogP contribution in [0.1, 0.15) is 49.4 Å². The zero-order valence-corrected chi connectivity index (χ0v) is 13.7. The number of nitrogens with two attached hydrogens (primary N) is 1. The Labute approximate surface area is 140 Å². The normalized spacial score (nSPS) is 16.8. The molecule has 2 aromatic heterocycles. The van der Waals surface area contributed by atoms with Crippen LogP contribution in [0.15, 0.2) is 24.7 Å². The second-order valence-electron chi connectivity index (χ2n) is 6.21. The number of aromatic hydroxyl groups is 1. The molecule has 0 spiro atoms. The van der Waals surface area contributed by atoms with E-state index in [9.17, 15) is 9.90 Å². The quantitative estimate of drug-likeness (QED) is 0.501. The molecular formula is C16H22N6O2. The molecule has 0 radical (unpaired) electrons. The van der Waals surface area contributed by atoms with Crippen molar-refractivity contribution in [3.63, 3.8) is 0 Å². The number of hydrogen-bond donors (Lipinski definition) is 2. The summed E-state index contributed by atoms with van der Waals surface area (Å²) < 4.78 is 1.40. The molecule has 2 heterocycles. The van der Waals surface area contributed by atoms with Crippen LogP contribution < -0.4 is 5.84 Å². The molecule has 0 unspecified atom stereocenters. The maximum Gasteiger partial charge on any atom is 0.275 e. The van der Waals surface area contributed by atoms with E-state index in [2.05, 4.69) is 15.1 Å². The maximum atomic E-state index is 12.6. The third-order valence-corrected chi connectivity index (χ3v) is 4.70. The van der Waals surface area contributed by atoms with Gasteiger partial charge in [0.1, 0.15) is 5.56 Å². The first kappa shape index (κ1) is 16.4. The smallest absolute Gasteiger partial charge is 0.275 e. The number of rotatable bonds is 4. The molecule has 128 valence electrons. The molecule has 1 atom stereocenters. The van der Waals surface area contributed by atoms with Gasteiger partial charge in [-0.15, -0.1) is 0 Å². The van der Waals surface area contributed by atoms with Gasteiger partial charge in [-0.2, -0.15) is 10.1 Å². The van der Waals surface area contributed by atoms with E-state index in [1.807, 2.05) is 6.92 Å². The van der Waals surface area contributed by atoms with Crippen molar-refractivity contribution in [2.75, 3.05) is 0 Å². The van der Waals surface area contributed by atoms with E-state index in [1.54, 1.807) is 18.5 Å². The van der Waals surface area contributed by atoms with Gasteiger partial charge in [0.25, 0.3) is 11.9 Å². The molecule has 1 fully saturated rings. The zero-order valence-electron chi connectivity index (χ0n) is 13.7. The Hall–Kier alpha value is -2.48. The van der Waals surface area contributed by atoms with Gasteiger partial charge < -0.3 is 5.11 Å². The van der Waals surface area contributed by atoms with Gasteiger partial charge in [-0.05, 0) is 31.7 Å². The average molecular weight is 330 g/mol. The highest BCUT2D eigenvalue weighted by molar-refractivity contribution is 5.95. The molecule has 8 nitrogen and oxygen atoms in total. The van der Waals surface area contributed by atoms with E-state index in [4.69, 9.17) is 5.84 Å². The van der Waals surface area contributed by atoms with Crippen molar-refractivity contribution in [2.45, 2.75) is 45.1 Å². The summed E-state index contributed by atoms with van der Waals surface area (Å²) in [5, 5.41) is 15.3. The lowest BCUT2D eigenvalue weighted by Crippen LogP contribution is -2.48. The Kier molecular flexibility index (Phi) is 4.75. The number of amides is 1. The number of carbonyl (C=O) groups is 1. The molecule has 0 aliphatic heterocycles. The first-order valence-corrected chi connectivity index (χ1v) is 8.22. The van der Waals surface area contributed by atoms with Crippen molar-refractivity contribution in [2.24, 2.45) is 11.8 Å². The van der Waals surface area contributed by atoms with Gasteiger partial charge in [0.15, 0.2) is 0 Å². The third kappa shape index (κ3) is 3.23. The molecule has 3 N–H and O–H groups in total. The first-order valence-electron chi connectivity index (χ1n) is 8.22. The summed E-state index contributed by atoms with van der Waals surface area (Å²) in [7, 11) is 0. The summed E-state index contributed by atoms with van der Waals surface area (Å²) in [4.78, 5) is 20.6. The van der Waals surface area contributed by atoms with Gasteiger partial charge in [-0.1, -0.05) is 19.3 Å². The fraction of sp³-hybridized carbons (Fsp3) is 0.500. The van der Waals surface area contributed by atoms with Gasteiger partial charge in [0.2, 0.25) is 5.88 Å². The number of hydrazine groups is 1. The van der Waals surface area contributed by atoms with Crippen LogP contribution in [-0.4, -0.2) is 41.8 Å². The molecule has 1 saturated carbocycles. The van der Waals surface area contributed by atoms with Crippen LogP contribution >= 0.6 is 0 Å². The highest BCUT2D eigenvalue weighted by Gasteiger charge is 2.29. The predicted molar refractivity (Wildman–Crippen MR) is 87.2 cm³/mol. The van der Waals surface area contributed by atoms with Crippen LogP contribution in [0.2, 0.25) is 0 Å². The topological polar surface area (TPSA) is 110 Å². The molecule has 1 aliphatic rings. The van der Waals surface area contributed by atoms with Crippen molar-refractivity contribution in [1.82, 2.24) is 24.8 Å². The monoisotopic (exact) mass is 330 g/mol. The van der Waals surface area contributed by atoms with Crippen LogP contribution in [0.5, 0.6) is 5.88 Å². The summed E-state index contributed by atoms with van der Waals surface area (Å²) in [6.07, 6.45) is 10.2. The Bertz CT molecular complexity index is 697. The lowest BCUT2D eigenvalue weighted by atomic mass is 9.84. The standard InChI is InChI=1S/C16H22N6O2/c1-11(12-6-3-2-4-7-12)22(17)15(24)13-10-18-16(20-14(13)23)21-9-5-8-19-21/h5,8-12H,2-4,6-7,17H2,1H3,(H,18,20,23)/t11-/m0/s1. The summed E-state index contributed by atoms with van der Waals surface area (Å²) in [5.41, 5.74) is -0.00364. The van der Waals surface area contributed by atoms with Crippen molar-refractivity contribution < 1.29 is 9.90 Å². The molecule has 0 bridgehead atoms. The molecule has 24 heavy (non-hydrogen) atoms. The van der Waals surface area contributed by atoms with Gasteiger partial charge in [-0.25, -0.2) is 15.5 Å². The Balaban J connectivity index is 1.76. The van der Waals surface area contributed by atoms with Crippen molar-refractivity contribution in [1.29, 1.82) is 0 Å². The number of carbonyl (C=O) groups excluding carboxylic acids is 1. The van der Waals surface area contributed by atoms with Crippen molar-refractivity contribution in [3.05, 3.63) is 30.2 Å². The van der Waals surface area contributed by atoms with Crippen LogP contribution in [0.4, 0.5) is 0 Å². The molecule has 0 aromatic carbocycles. The molecule has 2 aromatic rings. The Morgan fingerprint density at radius 3 is 2.79 bits per heavy atom. The summed E-state index contributed by atoms with van der Waals surface area (Å²) in [5.74, 6) is 5.73. The minimum atomic E-state index is -0.474. The molecule has 1 aliphatic carbocycles. The predicted octanol–water partition coefficient (Wildman–Crippen LogP) is 1.65. The fourth-order valence-corrected chi connectivity index (χ4v) is 3.18. The van der Waals surface area contributed by atoms with E-state index in [1.165, 1.54) is 35.2 Å². The largest absolute Gasteiger partial charge is 0.493 e.